The number of benzene rings is 1. The van der Waals surface area contributed by atoms with Gasteiger partial charge in [-0.15, -0.1) is 0 Å². The summed E-state index contributed by atoms with van der Waals surface area (Å²) in [5.74, 6) is 0.822. The minimum Gasteiger partial charge on any atom is -0.497 e. The summed E-state index contributed by atoms with van der Waals surface area (Å²) in [6, 6.07) is 7.60. The van der Waals surface area contributed by atoms with E-state index in [1.807, 2.05) is 30.3 Å². The fourth-order valence-corrected chi connectivity index (χ4v) is 1.05. The second-order valence-corrected chi connectivity index (χ2v) is 3.54. The third kappa shape index (κ3) is 3.60. The quantitative estimate of drug-likeness (QED) is 0.764. The summed E-state index contributed by atoms with van der Waals surface area (Å²) >= 11 is 0. The molecule has 2 heteroatoms. The molecule has 1 unspecified atom stereocenters. The van der Waals surface area contributed by atoms with E-state index < -0.39 is 5.60 Å². The first kappa shape index (κ1) is 11.5. The van der Waals surface area contributed by atoms with Crippen LogP contribution in [-0.4, -0.2) is 17.8 Å². The number of methoxy groups -OCH3 is 1. The second-order valence-electron chi connectivity index (χ2n) is 3.54. The van der Waals surface area contributed by atoms with Gasteiger partial charge in [-0.2, -0.15) is 0 Å². The topological polar surface area (TPSA) is 29.5 Å². The minimum atomic E-state index is -0.958. The predicted octanol–water partition coefficient (Wildman–Crippen LogP) is 2.65. The van der Waals surface area contributed by atoms with Gasteiger partial charge in [-0.25, -0.2) is 0 Å². The Kier molecular flexibility index (Phi) is 3.69. The smallest absolute Gasteiger partial charge is 0.118 e. The van der Waals surface area contributed by atoms with E-state index in [9.17, 15) is 5.11 Å². The first-order chi connectivity index (χ1) is 7.07. The van der Waals surface area contributed by atoms with Gasteiger partial charge >= 0.3 is 0 Å². The predicted molar refractivity (Wildman–Crippen MR) is 62.8 cm³/mol. The maximum atomic E-state index is 9.66. The summed E-state index contributed by atoms with van der Waals surface area (Å²) in [5.41, 5.74) is 0.0536. The summed E-state index contributed by atoms with van der Waals surface area (Å²) in [6.45, 7) is 5.23. The van der Waals surface area contributed by atoms with Crippen molar-refractivity contribution < 1.29 is 9.84 Å². The van der Waals surface area contributed by atoms with Crippen LogP contribution < -0.4 is 4.74 Å². The largest absolute Gasteiger partial charge is 0.497 e. The van der Waals surface area contributed by atoms with Gasteiger partial charge in [0.1, 0.15) is 5.75 Å². The van der Waals surface area contributed by atoms with Crippen molar-refractivity contribution in [1.82, 2.24) is 0 Å². The molecule has 0 aliphatic rings. The average molecular weight is 204 g/mol. The molecule has 0 aliphatic carbocycles. The summed E-state index contributed by atoms with van der Waals surface area (Å²) in [4.78, 5) is 0. The van der Waals surface area contributed by atoms with Crippen LogP contribution in [0.1, 0.15) is 12.5 Å². The van der Waals surface area contributed by atoms with Crippen molar-refractivity contribution in [3.05, 3.63) is 48.6 Å². The molecule has 0 saturated heterocycles. The van der Waals surface area contributed by atoms with Crippen molar-refractivity contribution in [3.63, 3.8) is 0 Å². The van der Waals surface area contributed by atoms with Gasteiger partial charge in [0.05, 0.1) is 12.7 Å². The van der Waals surface area contributed by atoms with E-state index in [1.165, 1.54) is 6.08 Å². The average Bonchev–Trinajstić information content (AvgIpc) is 2.27. The first-order valence-corrected chi connectivity index (χ1v) is 4.76. The SMILES string of the molecule is C=CC(C)(O)/C=C/c1ccc(OC)cc1. The van der Waals surface area contributed by atoms with Crippen LogP contribution in [0.25, 0.3) is 6.08 Å². The van der Waals surface area contributed by atoms with Gasteiger partial charge in [-0.05, 0) is 30.7 Å². The maximum absolute atomic E-state index is 9.66. The zero-order valence-corrected chi connectivity index (χ0v) is 9.10. The molecule has 0 saturated carbocycles. The third-order valence-electron chi connectivity index (χ3n) is 2.14. The van der Waals surface area contributed by atoms with Gasteiger partial charge in [0.15, 0.2) is 0 Å². The lowest BCUT2D eigenvalue weighted by molar-refractivity contribution is 0.165. The van der Waals surface area contributed by atoms with Gasteiger partial charge < -0.3 is 9.84 Å². The number of rotatable bonds is 4. The molecular formula is C13H16O2. The molecule has 2 nitrogen and oxygen atoms in total. The second kappa shape index (κ2) is 4.80. The minimum absolute atomic E-state index is 0.822. The van der Waals surface area contributed by atoms with E-state index in [2.05, 4.69) is 6.58 Å². The molecule has 80 valence electrons. The third-order valence-corrected chi connectivity index (χ3v) is 2.14. The van der Waals surface area contributed by atoms with Crippen LogP contribution in [0.2, 0.25) is 0 Å². The molecule has 1 aromatic rings. The summed E-state index contributed by atoms with van der Waals surface area (Å²) in [6.07, 6.45) is 5.04. The molecule has 1 N–H and O–H groups in total. The van der Waals surface area contributed by atoms with Crippen molar-refractivity contribution in [2.24, 2.45) is 0 Å². The summed E-state index contributed by atoms with van der Waals surface area (Å²) in [5, 5.41) is 9.66. The van der Waals surface area contributed by atoms with E-state index in [4.69, 9.17) is 4.74 Å². The molecule has 0 aromatic heterocycles. The number of aliphatic hydroxyl groups is 1. The lowest BCUT2D eigenvalue weighted by Gasteiger charge is -2.11. The molecule has 1 atom stereocenters. The number of hydrogen-bond acceptors (Lipinski definition) is 2. The Morgan fingerprint density at radius 1 is 1.33 bits per heavy atom. The fourth-order valence-electron chi connectivity index (χ4n) is 1.05. The lowest BCUT2D eigenvalue weighted by Crippen LogP contribution is -2.15. The molecule has 0 fully saturated rings. The van der Waals surface area contributed by atoms with Crippen molar-refractivity contribution >= 4 is 6.08 Å². The Morgan fingerprint density at radius 3 is 2.40 bits per heavy atom. The standard InChI is InChI=1S/C13H16O2/c1-4-13(2,14)10-9-11-5-7-12(15-3)8-6-11/h4-10,14H,1H2,2-3H3/b10-9+. The number of ether oxygens (including phenoxy) is 1. The highest BCUT2D eigenvalue weighted by Gasteiger charge is 2.08. The molecule has 0 bridgehead atoms. The Morgan fingerprint density at radius 2 is 1.93 bits per heavy atom. The van der Waals surface area contributed by atoms with Crippen LogP contribution in [-0.2, 0) is 0 Å². The van der Waals surface area contributed by atoms with Crippen molar-refractivity contribution in [2.45, 2.75) is 12.5 Å². The zero-order chi connectivity index (χ0) is 11.3. The summed E-state index contributed by atoms with van der Waals surface area (Å²) < 4.78 is 5.05. The molecular weight excluding hydrogens is 188 g/mol. The highest BCUT2D eigenvalue weighted by molar-refractivity contribution is 5.52. The molecule has 0 spiro atoms. The molecule has 1 rings (SSSR count). The van der Waals surface area contributed by atoms with Gasteiger partial charge in [0.2, 0.25) is 0 Å². The Labute approximate surface area is 90.5 Å². The first-order valence-electron chi connectivity index (χ1n) is 4.76. The zero-order valence-electron chi connectivity index (χ0n) is 9.10. The highest BCUT2D eigenvalue weighted by Crippen LogP contribution is 2.14. The fraction of sp³-hybridized carbons (Fsp3) is 0.231. The van der Waals surface area contributed by atoms with Crippen LogP contribution in [0, 0.1) is 0 Å². The van der Waals surface area contributed by atoms with Gasteiger partial charge in [-0.1, -0.05) is 30.9 Å². The van der Waals surface area contributed by atoms with E-state index in [1.54, 1.807) is 20.1 Å². The van der Waals surface area contributed by atoms with Crippen LogP contribution in [0.3, 0.4) is 0 Å². The monoisotopic (exact) mass is 204 g/mol. The van der Waals surface area contributed by atoms with E-state index in [0.29, 0.717) is 0 Å². The van der Waals surface area contributed by atoms with Crippen molar-refractivity contribution in [2.75, 3.05) is 7.11 Å². The highest BCUT2D eigenvalue weighted by atomic mass is 16.5. The van der Waals surface area contributed by atoms with Crippen LogP contribution in [0.15, 0.2) is 43.0 Å². The normalized spacial score (nSPS) is 14.9. The van der Waals surface area contributed by atoms with E-state index in [0.717, 1.165) is 11.3 Å². The molecule has 15 heavy (non-hydrogen) atoms. The van der Waals surface area contributed by atoms with Crippen LogP contribution in [0.4, 0.5) is 0 Å². The van der Waals surface area contributed by atoms with E-state index >= 15 is 0 Å². The van der Waals surface area contributed by atoms with Gasteiger partial charge in [-0.3, -0.25) is 0 Å². The van der Waals surface area contributed by atoms with E-state index in [-0.39, 0.29) is 0 Å². The lowest BCUT2D eigenvalue weighted by atomic mass is 10.1. The van der Waals surface area contributed by atoms with Crippen LogP contribution in [0.5, 0.6) is 5.75 Å². The van der Waals surface area contributed by atoms with Crippen molar-refractivity contribution in [1.29, 1.82) is 0 Å². The molecule has 1 aromatic carbocycles. The maximum Gasteiger partial charge on any atom is 0.118 e. The molecule has 0 amide bonds. The molecule has 0 aliphatic heterocycles. The molecule has 0 heterocycles. The van der Waals surface area contributed by atoms with Crippen molar-refractivity contribution in [3.8, 4) is 5.75 Å². The van der Waals surface area contributed by atoms with Gasteiger partial charge in [0.25, 0.3) is 0 Å². The Balaban J connectivity index is 2.77. The van der Waals surface area contributed by atoms with Crippen LogP contribution >= 0.6 is 0 Å². The Bertz CT molecular complexity index is 347. The number of hydrogen-bond donors (Lipinski definition) is 1. The Hall–Kier alpha value is -1.54. The molecule has 0 radical (unpaired) electrons. The van der Waals surface area contributed by atoms with Gasteiger partial charge in [0, 0.05) is 0 Å². The summed E-state index contributed by atoms with van der Waals surface area (Å²) in [7, 11) is 1.63.